The highest BCUT2D eigenvalue weighted by atomic mass is 16.2. The topological polar surface area (TPSA) is 58.4 Å². The van der Waals surface area contributed by atoms with Crippen molar-refractivity contribution in [2.75, 3.05) is 32.7 Å². The molecule has 0 aliphatic carbocycles. The van der Waals surface area contributed by atoms with Gasteiger partial charge in [-0.05, 0) is 38.3 Å². The molecule has 0 spiro atoms. The number of amides is 1. The molecular weight excluding hydrogens is 202 g/mol. The number of unbranched alkanes of at least 4 members (excludes halogenated alkanes) is 1. The molecule has 94 valence electrons. The quantitative estimate of drug-likeness (QED) is 0.625. The average molecular weight is 227 g/mol. The molecule has 0 saturated carbocycles. The van der Waals surface area contributed by atoms with E-state index in [0.29, 0.717) is 12.5 Å². The van der Waals surface area contributed by atoms with E-state index in [1.807, 2.05) is 0 Å². The number of nitrogens with one attached hydrogen (secondary N) is 1. The Hall–Kier alpha value is -0.610. The van der Waals surface area contributed by atoms with Crippen LogP contribution in [0.3, 0.4) is 0 Å². The highest BCUT2D eigenvalue weighted by Gasteiger charge is 2.22. The van der Waals surface area contributed by atoms with Gasteiger partial charge in [0.2, 0.25) is 5.91 Å². The Kier molecular flexibility index (Phi) is 6.42. The van der Waals surface area contributed by atoms with Crippen molar-refractivity contribution in [3.63, 3.8) is 0 Å². The van der Waals surface area contributed by atoms with Crippen LogP contribution < -0.4 is 11.1 Å². The zero-order chi connectivity index (χ0) is 11.8. The van der Waals surface area contributed by atoms with Gasteiger partial charge in [0, 0.05) is 13.1 Å². The molecule has 0 aromatic rings. The van der Waals surface area contributed by atoms with Gasteiger partial charge >= 0.3 is 0 Å². The van der Waals surface area contributed by atoms with Gasteiger partial charge < -0.3 is 11.1 Å². The highest BCUT2D eigenvalue weighted by Crippen LogP contribution is 2.18. The van der Waals surface area contributed by atoms with Gasteiger partial charge in [-0.1, -0.05) is 13.3 Å². The molecule has 16 heavy (non-hydrogen) atoms. The summed E-state index contributed by atoms with van der Waals surface area (Å²) in [5, 5.41) is 2.95. The fourth-order valence-electron chi connectivity index (χ4n) is 2.19. The first kappa shape index (κ1) is 13.5. The molecule has 1 rings (SSSR count). The Morgan fingerprint density at radius 2 is 2.38 bits per heavy atom. The zero-order valence-electron chi connectivity index (χ0n) is 10.4. The summed E-state index contributed by atoms with van der Waals surface area (Å²) in [5.74, 6) is 0.871. The van der Waals surface area contributed by atoms with E-state index in [1.54, 1.807) is 0 Å². The Morgan fingerprint density at radius 1 is 1.56 bits per heavy atom. The van der Waals surface area contributed by atoms with Crippen molar-refractivity contribution in [1.29, 1.82) is 0 Å². The van der Waals surface area contributed by atoms with Gasteiger partial charge in [0.05, 0.1) is 6.54 Å². The van der Waals surface area contributed by atoms with Gasteiger partial charge in [-0.25, -0.2) is 0 Å². The fourth-order valence-corrected chi connectivity index (χ4v) is 2.19. The molecule has 1 unspecified atom stereocenters. The minimum atomic E-state index is 0.168. The molecule has 1 atom stereocenters. The van der Waals surface area contributed by atoms with E-state index in [0.717, 1.165) is 45.4 Å². The monoisotopic (exact) mass is 227 g/mol. The van der Waals surface area contributed by atoms with E-state index in [9.17, 15) is 4.79 Å². The Balaban J connectivity index is 2.11. The largest absolute Gasteiger partial charge is 0.355 e. The first-order valence-corrected chi connectivity index (χ1v) is 6.45. The standard InChI is InChI=1S/C12H25N3O/c1-2-3-7-14-12(16)10-15-8-5-11(9-15)4-6-13/h11H,2-10,13H2,1H3,(H,14,16). The van der Waals surface area contributed by atoms with Crippen LogP contribution in [0.25, 0.3) is 0 Å². The van der Waals surface area contributed by atoms with Gasteiger partial charge in [0.25, 0.3) is 0 Å². The van der Waals surface area contributed by atoms with Crippen molar-refractivity contribution >= 4 is 5.91 Å². The molecule has 1 amide bonds. The average Bonchev–Trinajstić information content (AvgIpc) is 2.66. The third kappa shape index (κ3) is 4.94. The molecular formula is C12H25N3O. The number of nitrogens with two attached hydrogens (primary N) is 1. The molecule has 4 heteroatoms. The van der Waals surface area contributed by atoms with Crippen LogP contribution in [0.1, 0.15) is 32.6 Å². The molecule has 1 aliphatic rings. The summed E-state index contributed by atoms with van der Waals surface area (Å²) in [5.41, 5.74) is 5.54. The summed E-state index contributed by atoms with van der Waals surface area (Å²) in [6, 6.07) is 0. The molecule has 1 aliphatic heterocycles. The lowest BCUT2D eigenvalue weighted by molar-refractivity contribution is -0.122. The van der Waals surface area contributed by atoms with Crippen LogP contribution in [-0.2, 0) is 4.79 Å². The van der Waals surface area contributed by atoms with E-state index in [-0.39, 0.29) is 5.91 Å². The van der Waals surface area contributed by atoms with E-state index < -0.39 is 0 Å². The van der Waals surface area contributed by atoms with Crippen LogP contribution in [0, 0.1) is 5.92 Å². The number of carbonyl (C=O) groups excluding carboxylic acids is 1. The number of rotatable bonds is 7. The first-order valence-electron chi connectivity index (χ1n) is 6.45. The third-order valence-electron chi connectivity index (χ3n) is 3.16. The summed E-state index contributed by atoms with van der Waals surface area (Å²) in [6.45, 7) is 6.36. The van der Waals surface area contributed by atoms with Crippen molar-refractivity contribution in [3.05, 3.63) is 0 Å². The van der Waals surface area contributed by atoms with Crippen LogP contribution in [-0.4, -0.2) is 43.5 Å². The van der Waals surface area contributed by atoms with Crippen molar-refractivity contribution in [2.24, 2.45) is 11.7 Å². The summed E-state index contributed by atoms with van der Waals surface area (Å²) < 4.78 is 0. The number of likely N-dealkylation sites (tertiary alicyclic amines) is 1. The van der Waals surface area contributed by atoms with Crippen LogP contribution >= 0.6 is 0 Å². The van der Waals surface area contributed by atoms with Crippen LogP contribution in [0.15, 0.2) is 0 Å². The minimum absolute atomic E-state index is 0.168. The normalized spacial score (nSPS) is 21.2. The van der Waals surface area contributed by atoms with Gasteiger partial charge in [0.15, 0.2) is 0 Å². The second-order valence-electron chi connectivity index (χ2n) is 4.67. The fraction of sp³-hybridized carbons (Fsp3) is 0.917. The predicted octanol–water partition coefficient (Wildman–Crippen LogP) is 0.573. The lowest BCUT2D eigenvalue weighted by Crippen LogP contribution is -2.36. The van der Waals surface area contributed by atoms with Crippen LogP contribution in [0.2, 0.25) is 0 Å². The maximum Gasteiger partial charge on any atom is 0.234 e. The lowest BCUT2D eigenvalue weighted by Gasteiger charge is -2.15. The number of hydrogen-bond acceptors (Lipinski definition) is 3. The second-order valence-corrected chi connectivity index (χ2v) is 4.67. The van der Waals surface area contributed by atoms with E-state index in [1.165, 1.54) is 6.42 Å². The smallest absolute Gasteiger partial charge is 0.234 e. The lowest BCUT2D eigenvalue weighted by atomic mass is 10.1. The summed E-state index contributed by atoms with van der Waals surface area (Å²) >= 11 is 0. The summed E-state index contributed by atoms with van der Waals surface area (Å²) in [7, 11) is 0. The molecule has 0 aromatic heterocycles. The van der Waals surface area contributed by atoms with Crippen molar-refractivity contribution in [1.82, 2.24) is 10.2 Å². The van der Waals surface area contributed by atoms with Gasteiger partial charge in [-0.2, -0.15) is 0 Å². The van der Waals surface area contributed by atoms with Gasteiger partial charge in [-0.3, -0.25) is 9.69 Å². The molecule has 0 radical (unpaired) electrons. The van der Waals surface area contributed by atoms with Crippen molar-refractivity contribution in [3.8, 4) is 0 Å². The van der Waals surface area contributed by atoms with E-state index >= 15 is 0 Å². The van der Waals surface area contributed by atoms with E-state index in [2.05, 4.69) is 17.1 Å². The second kappa shape index (κ2) is 7.63. The van der Waals surface area contributed by atoms with Crippen molar-refractivity contribution in [2.45, 2.75) is 32.6 Å². The Morgan fingerprint density at radius 3 is 3.06 bits per heavy atom. The van der Waals surface area contributed by atoms with Crippen LogP contribution in [0.4, 0.5) is 0 Å². The predicted molar refractivity (Wildman–Crippen MR) is 66.1 cm³/mol. The third-order valence-corrected chi connectivity index (χ3v) is 3.16. The Bertz CT molecular complexity index is 208. The maximum absolute atomic E-state index is 11.6. The number of nitrogens with zero attached hydrogens (tertiary/aromatic N) is 1. The zero-order valence-corrected chi connectivity index (χ0v) is 10.4. The molecule has 0 bridgehead atoms. The summed E-state index contributed by atoms with van der Waals surface area (Å²) in [4.78, 5) is 13.8. The Labute approximate surface area is 98.6 Å². The SMILES string of the molecule is CCCCNC(=O)CN1CCC(CCN)C1. The van der Waals surface area contributed by atoms with E-state index in [4.69, 9.17) is 5.73 Å². The maximum atomic E-state index is 11.6. The molecule has 1 fully saturated rings. The summed E-state index contributed by atoms with van der Waals surface area (Å²) in [6.07, 6.45) is 4.48. The molecule has 1 saturated heterocycles. The van der Waals surface area contributed by atoms with Gasteiger partial charge in [-0.15, -0.1) is 0 Å². The van der Waals surface area contributed by atoms with Crippen molar-refractivity contribution < 1.29 is 4.79 Å². The minimum Gasteiger partial charge on any atom is -0.355 e. The first-order chi connectivity index (χ1) is 7.76. The number of hydrogen-bond donors (Lipinski definition) is 2. The number of carbonyl (C=O) groups is 1. The van der Waals surface area contributed by atoms with Crippen LogP contribution in [0.5, 0.6) is 0 Å². The van der Waals surface area contributed by atoms with Gasteiger partial charge in [0.1, 0.15) is 0 Å². The molecule has 0 aromatic carbocycles. The molecule has 4 nitrogen and oxygen atoms in total. The molecule has 1 heterocycles. The highest BCUT2D eigenvalue weighted by molar-refractivity contribution is 5.77. The molecule has 3 N–H and O–H groups in total.